The van der Waals surface area contributed by atoms with Crippen molar-refractivity contribution in [3.63, 3.8) is 0 Å². The van der Waals surface area contributed by atoms with Crippen LogP contribution in [-0.2, 0) is 14.8 Å². The van der Waals surface area contributed by atoms with Gasteiger partial charge in [0.05, 0.1) is 12.8 Å². The summed E-state index contributed by atoms with van der Waals surface area (Å²) >= 11 is 0. The van der Waals surface area contributed by atoms with E-state index in [1.807, 2.05) is 32.0 Å². The van der Waals surface area contributed by atoms with Crippen molar-refractivity contribution in [1.29, 1.82) is 0 Å². The normalized spacial score (nSPS) is 13.6. The Balaban J connectivity index is 1.61. The molecule has 0 unspecified atom stereocenters. The molecule has 2 amide bonds. The molecule has 1 fully saturated rings. The van der Waals surface area contributed by atoms with Crippen LogP contribution >= 0.6 is 0 Å². The van der Waals surface area contributed by atoms with Crippen LogP contribution < -0.4 is 19.7 Å². The van der Waals surface area contributed by atoms with Gasteiger partial charge in [-0.15, -0.1) is 0 Å². The van der Waals surface area contributed by atoms with E-state index >= 15 is 0 Å². The fraction of sp³-hybridized carbons (Fsp3) is 0.231. The van der Waals surface area contributed by atoms with Crippen molar-refractivity contribution >= 4 is 38.9 Å². The number of amides is 2. The molecule has 1 heterocycles. The number of benzene rings is 3. The Bertz CT molecular complexity index is 1380. The molecule has 0 aromatic heterocycles. The van der Waals surface area contributed by atoms with Gasteiger partial charge in [0.25, 0.3) is 15.9 Å². The third-order valence-electron chi connectivity index (χ3n) is 5.92. The summed E-state index contributed by atoms with van der Waals surface area (Å²) in [5.41, 5.74) is 3.38. The lowest BCUT2D eigenvalue weighted by molar-refractivity contribution is -0.117. The standard InChI is InChI=1S/C26H27N3O5S/c1-17-7-4-8-18(2)25(17)28-35(32,33)23-16-20(12-13-22(23)34-3)27-26(31)19-9-5-10-21(15-19)29-14-6-11-24(29)30/h4-5,7-10,12-13,15-16,28H,6,11,14H2,1-3H3,(H,27,31). The van der Waals surface area contributed by atoms with Gasteiger partial charge < -0.3 is 15.0 Å². The van der Waals surface area contributed by atoms with Gasteiger partial charge in [0.2, 0.25) is 5.91 Å². The van der Waals surface area contributed by atoms with Crippen molar-refractivity contribution in [3.05, 3.63) is 77.4 Å². The van der Waals surface area contributed by atoms with Gasteiger partial charge in [0.1, 0.15) is 10.6 Å². The van der Waals surface area contributed by atoms with Gasteiger partial charge in [-0.05, 0) is 67.8 Å². The molecule has 9 heteroatoms. The van der Waals surface area contributed by atoms with Crippen LogP contribution in [0, 0.1) is 13.8 Å². The van der Waals surface area contributed by atoms with Crippen LogP contribution in [0.3, 0.4) is 0 Å². The van der Waals surface area contributed by atoms with Crippen LogP contribution in [0.1, 0.15) is 34.3 Å². The van der Waals surface area contributed by atoms with E-state index in [0.717, 1.165) is 17.5 Å². The minimum Gasteiger partial charge on any atom is -0.495 e. The summed E-state index contributed by atoms with van der Waals surface area (Å²) in [7, 11) is -2.63. The molecule has 182 valence electrons. The van der Waals surface area contributed by atoms with Crippen molar-refractivity contribution in [2.24, 2.45) is 0 Å². The van der Waals surface area contributed by atoms with Crippen LogP contribution in [0.25, 0.3) is 0 Å². The number of nitrogens with one attached hydrogen (secondary N) is 2. The van der Waals surface area contributed by atoms with Gasteiger partial charge >= 0.3 is 0 Å². The Labute approximate surface area is 205 Å². The summed E-state index contributed by atoms with van der Waals surface area (Å²) in [5.74, 6) is -0.241. The van der Waals surface area contributed by atoms with Gasteiger partial charge in [-0.3, -0.25) is 14.3 Å². The maximum absolute atomic E-state index is 13.3. The van der Waals surface area contributed by atoms with Crippen molar-refractivity contribution in [1.82, 2.24) is 0 Å². The second-order valence-corrected chi connectivity index (χ2v) is 10.0. The molecule has 0 aliphatic carbocycles. The number of sulfonamides is 1. The molecule has 8 nitrogen and oxygen atoms in total. The first-order valence-corrected chi connectivity index (χ1v) is 12.7. The lowest BCUT2D eigenvalue weighted by Crippen LogP contribution is -2.24. The number of ether oxygens (including phenoxy) is 1. The lowest BCUT2D eigenvalue weighted by atomic mass is 10.1. The topological polar surface area (TPSA) is 105 Å². The Kier molecular flexibility index (Phi) is 6.79. The third kappa shape index (κ3) is 5.14. The summed E-state index contributed by atoms with van der Waals surface area (Å²) in [6.45, 7) is 4.27. The van der Waals surface area contributed by atoms with Crippen LogP contribution in [0.5, 0.6) is 5.75 Å². The number of hydrogen-bond donors (Lipinski definition) is 2. The van der Waals surface area contributed by atoms with Gasteiger partial charge in [-0.1, -0.05) is 24.3 Å². The minimum atomic E-state index is -4.02. The van der Waals surface area contributed by atoms with E-state index in [-0.39, 0.29) is 16.6 Å². The fourth-order valence-corrected chi connectivity index (χ4v) is 5.47. The zero-order valence-electron chi connectivity index (χ0n) is 19.8. The first-order chi connectivity index (χ1) is 16.7. The van der Waals surface area contributed by atoms with E-state index in [9.17, 15) is 18.0 Å². The molecule has 0 bridgehead atoms. The highest BCUT2D eigenvalue weighted by atomic mass is 32.2. The quantitative estimate of drug-likeness (QED) is 0.505. The van der Waals surface area contributed by atoms with Crippen molar-refractivity contribution in [2.45, 2.75) is 31.6 Å². The van der Waals surface area contributed by atoms with Crippen LogP contribution in [-0.4, -0.2) is 33.9 Å². The largest absolute Gasteiger partial charge is 0.495 e. The number of carbonyl (C=O) groups excluding carboxylic acids is 2. The molecule has 4 rings (SSSR count). The Morgan fingerprint density at radius 1 is 1.00 bits per heavy atom. The molecule has 0 spiro atoms. The number of carbonyl (C=O) groups is 2. The van der Waals surface area contributed by atoms with E-state index < -0.39 is 15.9 Å². The zero-order valence-corrected chi connectivity index (χ0v) is 20.6. The monoisotopic (exact) mass is 493 g/mol. The molecule has 0 atom stereocenters. The Morgan fingerprint density at radius 2 is 1.71 bits per heavy atom. The molecule has 0 saturated carbocycles. The third-order valence-corrected chi connectivity index (χ3v) is 7.29. The van der Waals surface area contributed by atoms with Gasteiger partial charge in [0, 0.05) is 29.9 Å². The molecule has 35 heavy (non-hydrogen) atoms. The smallest absolute Gasteiger partial charge is 0.265 e. The maximum Gasteiger partial charge on any atom is 0.265 e. The van der Waals surface area contributed by atoms with Crippen molar-refractivity contribution in [3.8, 4) is 5.75 Å². The average molecular weight is 494 g/mol. The first kappa shape index (κ1) is 24.3. The fourth-order valence-electron chi connectivity index (χ4n) is 4.07. The van der Waals surface area contributed by atoms with Crippen LogP contribution in [0.4, 0.5) is 17.1 Å². The summed E-state index contributed by atoms with van der Waals surface area (Å²) < 4.78 is 34.5. The van der Waals surface area contributed by atoms with E-state index in [1.165, 1.54) is 19.2 Å². The van der Waals surface area contributed by atoms with Crippen LogP contribution in [0.2, 0.25) is 0 Å². The molecule has 0 radical (unpaired) electrons. The summed E-state index contributed by atoms with van der Waals surface area (Å²) in [6, 6.07) is 16.7. The van der Waals surface area contributed by atoms with Gasteiger partial charge in [-0.25, -0.2) is 8.42 Å². The molecule has 1 aliphatic heterocycles. The second kappa shape index (κ2) is 9.79. The Morgan fingerprint density at radius 3 is 2.37 bits per heavy atom. The predicted molar refractivity (Wildman–Crippen MR) is 136 cm³/mol. The number of aryl methyl sites for hydroxylation is 2. The highest BCUT2D eigenvalue weighted by Crippen LogP contribution is 2.31. The second-order valence-electron chi connectivity index (χ2n) is 8.39. The lowest BCUT2D eigenvalue weighted by Gasteiger charge is -2.17. The molecular weight excluding hydrogens is 466 g/mol. The minimum absolute atomic E-state index is 0.0314. The zero-order chi connectivity index (χ0) is 25.2. The van der Waals surface area contributed by atoms with Crippen molar-refractivity contribution in [2.75, 3.05) is 28.6 Å². The number of methoxy groups -OCH3 is 1. The number of anilines is 3. The van der Waals surface area contributed by atoms with E-state index in [2.05, 4.69) is 10.0 Å². The molecule has 2 N–H and O–H groups in total. The Hall–Kier alpha value is -3.85. The van der Waals surface area contributed by atoms with Gasteiger partial charge in [0.15, 0.2) is 0 Å². The van der Waals surface area contributed by atoms with Gasteiger partial charge in [-0.2, -0.15) is 0 Å². The molecule has 1 saturated heterocycles. The van der Waals surface area contributed by atoms with Crippen molar-refractivity contribution < 1.29 is 22.7 Å². The molecule has 1 aliphatic rings. The average Bonchev–Trinajstić information content (AvgIpc) is 3.27. The number of rotatable bonds is 7. The van der Waals surface area contributed by atoms with E-state index in [0.29, 0.717) is 35.6 Å². The van der Waals surface area contributed by atoms with E-state index in [4.69, 9.17) is 4.74 Å². The molecule has 3 aromatic rings. The highest BCUT2D eigenvalue weighted by molar-refractivity contribution is 7.92. The number of para-hydroxylation sites is 1. The first-order valence-electron chi connectivity index (χ1n) is 11.2. The summed E-state index contributed by atoms with van der Waals surface area (Å²) in [6.07, 6.45) is 1.28. The highest BCUT2D eigenvalue weighted by Gasteiger charge is 2.24. The maximum atomic E-state index is 13.3. The number of nitrogens with zero attached hydrogens (tertiary/aromatic N) is 1. The predicted octanol–water partition coefficient (Wildman–Crippen LogP) is 4.49. The summed E-state index contributed by atoms with van der Waals surface area (Å²) in [4.78, 5) is 26.6. The SMILES string of the molecule is COc1ccc(NC(=O)c2cccc(N3CCCC3=O)c2)cc1S(=O)(=O)Nc1c(C)cccc1C. The molecular formula is C26H27N3O5S. The van der Waals surface area contributed by atoms with E-state index in [1.54, 1.807) is 35.2 Å². The summed E-state index contributed by atoms with van der Waals surface area (Å²) in [5, 5.41) is 2.75. The number of hydrogen-bond acceptors (Lipinski definition) is 5. The molecule has 3 aromatic carbocycles. The van der Waals surface area contributed by atoms with Crippen LogP contribution in [0.15, 0.2) is 65.6 Å².